The topological polar surface area (TPSA) is 84.7 Å². The first-order valence-electron chi connectivity index (χ1n) is 3.50. The van der Waals surface area contributed by atoms with E-state index in [1.807, 2.05) is 0 Å². The quantitative estimate of drug-likeness (QED) is 0.623. The van der Waals surface area contributed by atoms with Crippen LogP contribution in [-0.4, -0.2) is 27.5 Å². The van der Waals surface area contributed by atoms with Crippen LogP contribution in [0, 0.1) is 6.92 Å². The highest BCUT2D eigenvalue weighted by Gasteiger charge is 2.01. The van der Waals surface area contributed by atoms with Gasteiger partial charge >= 0.3 is 5.69 Å². The Morgan fingerprint density at radius 2 is 2.42 bits per heavy atom. The summed E-state index contributed by atoms with van der Waals surface area (Å²) >= 11 is 1.44. The minimum absolute atomic E-state index is 0.417. The van der Waals surface area contributed by atoms with Gasteiger partial charge in [-0.15, -0.1) is 11.8 Å². The molecule has 0 bridgehead atoms. The Morgan fingerprint density at radius 1 is 1.67 bits per heavy atom. The maximum absolute atomic E-state index is 10.7. The third-order valence-corrected chi connectivity index (χ3v) is 2.29. The second kappa shape index (κ2) is 4.22. The number of hydrogen-bond donors (Lipinski definition) is 2. The third kappa shape index (κ3) is 2.31. The maximum atomic E-state index is 10.7. The molecule has 0 saturated heterocycles. The van der Waals surface area contributed by atoms with Gasteiger partial charge in [0, 0.05) is 12.3 Å². The van der Waals surface area contributed by atoms with E-state index in [0.717, 1.165) is 11.4 Å². The lowest BCUT2D eigenvalue weighted by Crippen LogP contribution is -2.14. The summed E-state index contributed by atoms with van der Waals surface area (Å²) in [5.74, 6) is 0.749. The molecule has 0 saturated carbocycles. The minimum atomic E-state index is -0.417. The summed E-state index contributed by atoms with van der Waals surface area (Å²) in [6.45, 7) is 2.36. The van der Waals surface area contributed by atoms with E-state index >= 15 is 0 Å². The Balaban J connectivity index is 2.82. The van der Waals surface area contributed by atoms with Gasteiger partial charge in [-0.05, 0) is 6.92 Å². The molecule has 0 radical (unpaired) electrons. The smallest absolute Gasteiger partial charge is 0.330 e. The van der Waals surface area contributed by atoms with Crippen molar-refractivity contribution in [1.82, 2.24) is 15.2 Å². The third-order valence-electron chi connectivity index (χ3n) is 1.19. The number of rotatable bonds is 3. The number of nitrogens with two attached hydrogens (primary N) is 1. The Bertz CT molecular complexity index is 311. The Labute approximate surface area is 73.8 Å². The molecule has 6 heteroatoms. The Morgan fingerprint density at radius 3 is 3.08 bits per heavy atom. The number of aromatic nitrogens is 3. The van der Waals surface area contributed by atoms with Gasteiger partial charge in [-0.25, -0.2) is 9.89 Å². The van der Waals surface area contributed by atoms with E-state index in [1.165, 1.54) is 11.8 Å². The maximum Gasteiger partial charge on any atom is 0.362 e. The van der Waals surface area contributed by atoms with Gasteiger partial charge < -0.3 is 5.73 Å². The fourth-order valence-corrected chi connectivity index (χ4v) is 1.38. The molecule has 0 aliphatic carbocycles. The van der Waals surface area contributed by atoms with Crippen LogP contribution in [0.1, 0.15) is 5.69 Å². The summed E-state index contributed by atoms with van der Waals surface area (Å²) < 4.78 is 0. The van der Waals surface area contributed by atoms with E-state index in [-0.39, 0.29) is 0 Å². The number of aryl methyl sites for hydroxylation is 1. The molecule has 66 valence electrons. The monoisotopic (exact) mass is 186 g/mol. The molecule has 5 nitrogen and oxygen atoms in total. The number of aromatic amines is 1. The van der Waals surface area contributed by atoms with Crippen LogP contribution in [-0.2, 0) is 0 Å². The lowest BCUT2D eigenvalue weighted by Gasteiger charge is -1.99. The number of nitrogens with one attached hydrogen (secondary N) is 1. The van der Waals surface area contributed by atoms with Crippen LogP contribution in [0.25, 0.3) is 0 Å². The minimum Gasteiger partial charge on any atom is -0.330 e. The predicted octanol–water partition coefficient (Wildman–Crippen LogP) is -0.476. The molecular formula is C6H10N4OS. The second-order valence-electron chi connectivity index (χ2n) is 2.17. The van der Waals surface area contributed by atoms with Crippen LogP contribution < -0.4 is 11.4 Å². The molecule has 12 heavy (non-hydrogen) atoms. The van der Waals surface area contributed by atoms with Crippen molar-refractivity contribution in [1.29, 1.82) is 0 Å². The zero-order valence-corrected chi connectivity index (χ0v) is 7.52. The first-order chi connectivity index (χ1) is 5.74. The van der Waals surface area contributed by atoms with Crippen molar-refractivity contribution in [3.8, 4) is 0 Å². The van der Waals surface area contributed by atoms with Crippen LogP contribution >= 0.6 is 11.8 Å². The summed E-state index contributed by atoms with van der Waals surface area (Å²) in [4.78, 5) is 14.5. The van der Waals surface area contributed by atoms with Gasteiger partial charge in [0.1, 0.15) is 5.03 Å². The highest BCUT2D eigenvalue weighted by atomic mass is 32.2. The Hall–Kier alpha value is -0.880. The summed E-state index contributed by atoms with van der Waals surface area (Å²) in [6.07, 6.45) is 0. The molecule has 0 spiro atoms. The standard InChI is InChI=1S/C6H10N4OS/c1-4-5(12-3-2-7)8-6(11)10-9-4/h2-3,7H2,1H3,(H,8,10,11). The Kier molecular flexibility index (Phi) is 3.24. The summed E-state index contributed by atoms with van der Waals surface area (Å²) in [7, 11) is 0. The first-order valence-corrected chi connectivity index (χ1v) is 4.49. The lowest BCUT2D eigenvalue weighted by atomic mass is 10.5. The number of hydrogen-bond acceptors (Lipinski definition) is 5. The van der Waals surface area contributed by atoms with Crippen molar-refractivity contribution in [3.05, 3.63) is 16.2 Å². The molecule has 0 amide bonds. The van der Waals surface area contributed by atoms with E-state index < -0.39 is 5.69 Å². The highest BCUT2D eigenvalue weighted by Crippen LogP contribution is 2.14. The molecule has 0 unspecified atom stereocenters. The largest absolute Gasteiger partial charge is 0.362 e. The summed E-state index contributed by atoms with van der Waals surface area (Å²) in [6, 6.07) is 0. The van der Waals surface area contributed by atoms with Gasteiger partial charge in [-0.3, -0.25) is 0 Å². The summed E-state index contributed by atoms with van der Waals surface area (Å²) in [5.41, 5.74) is 5.62. The molecule has 1 aromatic rings. The summed E-state index contributed by atoms with van der Waals surface area (Å²) in [5, 5.41) is 6.68. The van der Waals surface area contributed by atoms with Crippen molar-refractivity contribution in [3.63, 3.8) is 0 Å². The van der Waals surface area contributed by atoms with Gasteiger partial charge in [0.2, 0.25) is 0 Å². The van der Waals surface area contributed by atoms with Gasteiger partial charge in [0.15, 0.2) is 0 Å². The second-order valence-corrected chi connectivity index (χ2v) is 3.25. The molecule has 0 aliphatic heterocycles. The fraction of sp³-hybridized carbons (Fsp3) is 0.500. The SMILES string of the molecule is Cc1n[nH]c(=O)nc1SCCN. The van der Waals surface area contributed by atoms with E-state index in [1.54, 1.807) is 6.92 Å². The molecule has 3 N–H and O–H groups in total. The molecule has 0 fully saturated rings. The molecule has 1 aromatic heterocycles. The fourth-order valence-electron chi connectivity index (χ4n) is 0.670. The number of thioether (sulfide) groups is 1. The van der Waals surface area contributed by atoms with Crippen molar-refractivity contribution < 1.29 is 0 Å². The molecule has 0 aliphatic rings. The van der Waals surface area contributed by atoms with Crippen LogP contribution in [0.2, 0.25) is 0 Å². The van der Waals surface area contributed by atoms with Crippen LogP contribution in [0.15, 0.2) is 9.82 Å². The van der Waals surface area contributed by atoms with Crippen molar-refractivity contribution >= 4 is 11.8 Å². The van der Waals surface area contributed by atoms with Crippen molar-refractivity contribution in [2.75, 3.05) is 12.3 Å². The van der Waals surface area contributed by atoms with Crippen LogP contribution in [0.3, 0.4) is 0 Å². The molecule has 1 rings (SSSR count). The average Bonchev–Trinajstić information content (AvgIpc) is 2.07. The number of nitrogens with zero attached hydrogens (tertiary/aromatic N) is 2. The van der Waals surface area contributed by atoms with Gasteiger partial charge in [0.05, 0.1) is 5.69 Å². The van der Waals surface area contributed by atoms with Gasteiger partial charge in [-0.1, -0.05) is 0 Å². The van der Waals surface area contributed by atoms with Gasteiger partial charge in [0.25, 0.3) is 0 Å². The highest BCUT2D eigenvalue weighted by molar-refractivity contribution is 7.99. The van der Waals surface area contributed by atoms with E-state index in [4.69, 9.17) is 5.73 Å². The van der Waals surface area contributed by atoms with E-state index in [2.05, 4.69) is 15.2 Å². The molecule has 0 aromatic carbocycles. The molecule has 0 atom stereocenters. The van der Waals surface area contributed by atoms with Crippen LogP contribution in [0.4, 0.5) is 0 Å². The van der Waals surface area contributed by atoms with E-state index in [9.17, 15) is 4.79 Å². The average molecular weight is 186 g/mol. The zero-order valence-electron chi connectivity index (χ0n) is 6.70. The van der Waals surface area contributed by atoms with E-state index in [0.29, 0.717) is 11.6 Å². The van der Waals surface area contributed by atoms with Gasteiger partial charge in [-0.2, -0.15) is 10.1 Å². The zero-order chi connectivity index (χ0) is 8.97. The lowest BCUT2D eigenvalue weighted by molar-refractivity contribution is 0.814. The molecular weight excluding hydrogens is 176 g/mol. The first kappa shape index (κ1) is 9.21. The van der Waals surface area contributed by atoms with Crippen molar-refractivity contribution in [2.45, 2.75) is 11.9 Å². The van der Waals surface area contributed by atoms with Crippen molar-refractivity contribution in [2.24, 2.45) is 5.73 Å². The molecule has 1 heterocycles. The van der Waals surface area contributed by atoms with Crippen LogP contribution in [0.5, 0.6) is 0 Å². The normalized spacial score (nSPS) is 10.2. The predicted molar refractivity (Wildman–Crippen MR) is 47.2 cm³/mol. The number of H-pyrrole nitrogens is 1.